The molecule has 1 aromatic rings. The second-order valence-electron chi connectivity index (χ2n) is 3.69. The Labute approximate surface area is 116 Å². The van der Waals surface area contributed by atoms with Crippen molar-refractivity contribution in [2.75, 3.05) is 19.7 Å². The maximum atomic E-state index is 11.7. The molecule has 1 aromatic heterocycles. The van der Waals surface area contributed by atoms with Gasteiger partial charge in [-0.25, -0.2) is 0 Å². The monoisotopic (exact) mass is 280 g/mol. The highest BCUT2D eigenvalue weighted by Gasteiger charge is 2.09. The molecule has 0 atom stereocenters. The third-order valence-corrected chi connectivity index (χ3v) is 2.98. The van der Waals surface area contributed by atoms with Crippen LogP contribution in [0.2, 0.25) is 0 Å². The summed E-state index contributed by atoms with van der Waals surface area (Å²) in [6, 6.07) is 1.63. The van der Waals surface area contributed by atoms with Gasteiger partial charge in [0.1, 0.15) is 6.61 Å². The largest absolute Gasteiger partial charge is 0.384 e. The second-order valence-corrected chi connectivity index (χ2v) is 4.60. The minimum atomic E-state index is -0.306. The predicted molar refractivity (Wildman–Crippen MR) is 73.9 cm³/mol. The first-order valence-electron chi connectivity index (χ1n) is 5.90. The average molecular weight is 280 g/mol. The van der Waals surface area contributed by atoms with E-state index >= 15 is 0 Å². The standard InChI is InChI=1S/C13H16N2O3S/c1-2-5-14-12(17)8-15-13(18)10-7-11(19-9-10)4-3-6-16/h7,9,16H,2,5-6,8H2,1H3,(H,14,17)(H,15,18). The Morgan fingerprint density at radius 3 is 2.89 bits per heavy atom. The van der Waals surface area contributed by atoms with Crippen molar-refractivity contribution < 1.29 is 14.7 Å². The van der Waals surface area contributed by atoms with E-state index in [-0.39, 0.29) is 25.0 Å². The molecule has 0 aliphatic rings. The summed E-state index contributed by atoms with van der Waals surface area (Å²) in [5.74, 6) is 4.72. The van der Waals surface area contributed by atoms with Crippen molar-refractivity contribution in [3.8, 4) is 11.8 Å². The van der Waals surface area contributed by atoms with E-state index in [2.05, 4.69) is 22.5 Å². The number of aliphatic hydroxyl groups is 1. The van der Waals surface area contributed by atoms with Crippen LogP contribution in [0.5, 0.6) is 0 Å². The van der Waals surface area contributed by atoms with Crippen LogP contribution in [0.25, 0.3) is 0 Å². The zero-order valence-electron chi connectivity index (χ0n) is 10.7. The number of hydrogen-bond acceptors (Lipinski definition) is 4. The number of thiophene rings is 1. The van der Waals surface area contributed by atoms with Crippen LogP contribution in [0.3, 0.4) is 0 Å². The van der Waals surface area contributed by atoms with Crippen LogP contribution >= 0.6 is 11.3 Å². The molecule has 0 unspecified atom stereocenters. The fourth-order valence-corrected chi connectivity index (χ4v) is 1.99. The highest BCUT2D eigenvalue weighted by atomic mass is 32.1. The maximum absolute atomic E-state index is 11.7. The van der Waals surface area contributed by atoms with Crippen molar-refractivity contribution in [3.05, 3.63) is 21.9 Å². The number of nitrogens with one attached hydrogen (secondary N) is 2. The number of carbonyl (C=O) groups excluding carboxylic acids is 2. The maximum Gasteiger partial charge on any atom is 0.252 e. The lowest BCUT2D eigenvalue weighted by molar-refractivity contribution is -0.120. The fourth-order valence-electron chi connectivity index (χ4n) is 1.24. The highest BCUT2D eigenvalue weighted by Crippen LogP contribution is 2.13. The summed E-state index contributed by atoms with van der Waals surface area (Å²) in [5.41, 5.74) is 0.468. The first kappa shape index (κ1) is 15.2. The third kappa shape index (κ3) is 5.55. The first-order chi connectivity index (χ1) is 9.17. The van der Waals surface area contributed by atoms with Gasteiger partial charge >= 0.3 is 0 Å². The summed E-state index contributed by atoms with van der Waals surface area (Å²) in [4.78, 5) is 23.7. The quantitative estimate of drug-likeness (QED) is 0.681. The number of carbonyl (C=O) groups is 2. The van der Waals surface area contributed by atoms with Crippen LogP contribution in [0.1, 0.15) is 28.6 Å². The minimum Gasteiger partial charge on any atom is -0.384 e. The van der Waals surface area contributed by atoms with E-state index < -0.39 is 0 Å². The molecule has 5 nitrogen and oxygen atoms in total. The van der Waals surface area contributed by atoms with E-state index in [1.165, 1.54) is 11.3 Å². The van der Waals surface area contributed by atoms with Gasteiger partial charge in [-0.2, -0.15) is 0 Å². The zero-order valence-corrected chi connectivity index (χ0v) is 11.5. The summed E-state index contributed by atoms with van der Waals surface area (Å²) < 4.78 is 0. The van der Waals surface area contributed by atoms with Gasteiger partial charge in [-0.15, -0.1) is 11.3 Å². The molecule has 0 radical (unpaired) electrons. The van der Waals surface area contributed by atoms with Crippen molar-refractivity contribution in [1.29, 1.82) is 0 Å². The van der Waals surface area contributed by atoms with E-state index in [4.69, 9.17) is 5.11 Å². The molecule has 0 spiro atoms. The summed E-state index contributed by atoms with van der Waals surface area (Å²) in [7, 11) is 0. The Morgan fingerprint density at radius 1 is 1.42 bits per heavy atom. The topological polar surface area (TPSA) is 78.4 Å². The molecule has 19 heavy (non-hydrogen) atoms. The van der Waals surface area contributed by atoms with E-state index in [1.54, 1.807) is 11.4 Å². The van der Waals surface area contributed by atoms with Gasteiger partial charge in [-0.3, -0.25) is 9.59 Å². The zero-order chi connectivity index (χ0) is 14.1. The molecule has 3 N–H and O–H groups in total. The number of aliphatic hydroxyl groups excluding tert-OH is 1. The van der Waals surface area contributed by atoms with Crippen LogP contribution < -0.4 is 10.6 Å². The predicted octanol–water partition coefficient (Wildman–Crippen LogP) is 0.348. The smallest absolute Gasteiger partial charge is 0.252 e. The normalized spacial score (nSPS) is 9.37. The molecular formula is C13H16N2O3S. The van der Waals surface area contributed by atoms with E-state index in [9.17, 15) is 9.59 Å². The van der Waals surface area contributed by atoms with Crippen LogP contribution in [0.4, 0.5) is 0 Å². The fraction of sp³-hybridized carbons (Fsp3) is 0.385. The summed E-state index contributed by atoms with van der Waals surface area (Å²) >= 11 is 1.32. The molecular weight excluding hydrogens is 264 g/mol. The lowest BCUT2D eigenvalue weighted by Crippen LogP contribution is -2.37. The Kier molecular flexibility index (Phi) is 6.64. The summed E-state index contributed by atoms with van der Waals surface area (Å²) in [5, 5.41) is 15.4. The molecule has 2 amide bonds. The average Bonchev–Trinajstić information content (AvgIpc) is 2.89. The van der Waals surface area contributed by atoms with E-state index in [0.717, 1.165) is 6.42 Å². The van der Waals surface area contributed by atoms with Gasteiger partial charge < -0.3 is 15.7 Å². The first-order valence-corrected chi connectivity index (χ1v) is 6.78. The van der Waals surface area contributed by atoms with Crippen molar-refractivity contribution in [3.63, 3.8) is 0 Å². The van der Waals surface area contributed by atoms with E-state index in [1.807, 2.05) is 6.92 Å². The Morgan fingerprint density at radius 2 is 2.21 bits per heavy atom. The van der Waals surface area contributed by atoms with Crippen LogP contribution in [0, 0.1) is 11.8 Å². The molecule has 102 valence electrons. The molecule has 0 aliphatic carbocycles. The lowest BCUT2D eigenvalue weighted by Gasteiger charge is -2.04. The molecule has 6 heteroatoms. The van der Waals surface area contributed by atoms with Gasteiger partial charge in [0.25, 0.3) is 5.91 Å². The molecule has 0 fully saturated rings. The van der Waals surface area contributed by atoms with Gasteiger partial charge in [0.05, 0.1) is 17.0 Å². The second kappa shape index (κ2) is 8.29. The molecule has 0 saturated heterocycles. The van der Waals surface area contributed by atoms with Crippen LogP contribution in [-0.2, 0) is 4.79 Å². The van der Waals surface area contributed by atoms with Crippen LogP contribution in [-0.4, -0.2) is 36.6 Å². The van der Waals surface area contributed by atoms with Gasteiger partial charge in [-0.1, -0.05) is 18.8 Å². The van der Waals surface area contributed by atoms with Gasteiger partial charge in [0.15, 0.2) is 0 Å². The number of amides is 2. The molecule has 0 aliphatic heterocycles. The SMILES string of the molecule is CCCNC(=O)CNC(=O)c1csc(C#CCO)c1. The van der Waals surface area contributed by atoms with Crippen LogP contribution in [0.15, 0.2) is 11.4 Å². The Hall–Kier alpha value is -1.84. The number of rotatable bonds is 5. The van der Waals surface area contributed by atoms with Crippen molar-refractivity contribution in [2.45, 2.75) is 13.3 Å². The molecule has 0 saturated carbocycles. The molecule has 1 heterocycles. The summed E-state index contributed by atoms with van der Waals surface area (Å²) in [6.07, 6.45) is 0.858. The lowest BCUT2D eigenvalue weighted by atomic mass is 10.3. The van der Waals surface area contributed by atoms with Gasteiger partial charge in [-0.05, 0) is 12.5 Å². The Bertz CT molecular complexity index is 499. The van der Waals surface area contributed by atoms with Crippen molar-refractivity contribution in [2.24, 2.45) is 0 Å². The third-order valence-electron chi connectivity index (χ3n) is 2.13. The number of hydrogen-bond donors (Lipinski definition) is 3. The van der Waals surface area contributed by atoms with Gasteiger partial charge in [0, 0.05) is 11.9 Å². The van der Waals surface area contributed by atoms with Crippen molar-refractivity contribution >= 4 is 23.2 Å². The molecule has 0 aromatic carbocycles. The highest BCUT2D eigenvalue weighted by molar-refractivity contribution is 7.10. The van der Waals surface area contributed by atoms with E-state index in [0.29, 0.717) is 17.0 Å². The molecule has 0 bridgehead atoms. The minimum absolute atomic E-state index is 0.0354. The van der Waals surface area contributed by atoms with Crippen molar-refractivity contribution in [1.82, 2.24) is 10.6 Å². The molecule has 1 rings (SSSR count). The Balaban J connectivity index is 2.45. The summed E-state index contributed by atoms with van der Waals surface area (Å²) in [6.45, 7) is 2.32. The van der Waals surface area contributed by atoms with Gasteiger partial charge in [0.2, 0.25) is 5.91 Å².